The first kappa shape index (κ1) is 12.4. The Hall–Kier alpha value is -2.10. The van der Waals surface area contributed by atoms with Crippen LogP contribution in [0.25, 0.3) is 10.9 Å². The molecule has 4 nitrogen and oxygen atoms in total. The van der Waals surface area contributed by atoms with Crippen molar-refractivity contribution in [1.29, 1.82) is 0 Å². The number of aromatic nitrogens is 1. The van der Waals surface area contributed by atoms with E-state index in [0.717, 1.165) is 16.6 Å². The van der Waals surface area contributed by atoms with Crippen LogP contribution in [0, 0.1) is 0 Å². The summed E-state index contributed by atoms with van der Waals surface area (Å²) in [5, 5.41) is 4.18. The maximum atomic E-state index is 11.5. The third-order valence-electron chi connectivity index (χ3n) is 2.83. The number of para-hydroxylation sites is 1. The van der Waals surface area contributed by atoms with Crippen molar-refractivity contribution in [2.24, 2.45) is 0 Å². The molecule has 1 N–H and O–H groups in total. The number of nitrogens with one attached hydrogen (secondary N) is 1. The molecule has 1 atom stereocenters. The van der Waals surface area contributed by atoms with Crippen LogP contribution in [-0.4, -0.2) is 24.1 Å². The zero-order chi connectivity index (χ0) is 13.0. The number of methoxy groups -OCH3 is 1. The molecule has 0 amide bonds. The molecule has 4 heteroatoms. The van der Waals surface area contributed by atoms with Gasteiger partial charge in [-0.2, -0.15) is 0 Å². The van der Waals surface area contributed by atoms with Gasteiger partial charge in [-0.1, -0.05) is 25.1 Å². The summed E-state index contributed by atoms with van der Waals surface area (Å²) >= 11 is 0. The van der Waals surface area contributed by atoms with Gasteiger partial charge in [0.2, 0.25) is 0 Å². The first-order valence-electron chi connectivity index (χ1n) is 5.93. The molecule has 1 heterocycles. The number of anilines is 1. The Morgan fingerprint density at radius 1 is 1.44 bits per heavy atom. The number of carbonyl (C=O) groups is 1. The number of carbonyl (C=O) groups excluding carboxylic acids is 1. The molecular weight excluding hydrogens is 228 g/mol. The Morgan fingerprint density at radius 3 is 2.94 bits per heavy atom. The predicted octanol–water partition coefficient (Wildman–Crippen LogP) is 2.60. The number of pyridine rings is 1. The fourth-order valence-corrected chi connectivity index (χ4v) is 1.82. The van der Waals surface area contributed by atoms with E-state index in [0.29, 0.717) is 6.42 Å². The summed E-state index contributed by atoms with van der Waals surface area (Å²) < 4.78 is 4.74. The fraction of sp³-hybridized carbons (Fsp3) is 0.286. The van der Waals surface area contributed by atoms with Gasteiger partial charge in [0.1, 0.15) is 6.04 Å². The third kappa shape index (κ3) is 2.59. The molecule has 18 heavy (non-hydrogen) atoms. The normalized spacial score (nSPS) is 12.1. The van der Waals surface area contributed by atoms with Crippen LogP contribution in [0.3, 0.4) is 0 Å². The van der Waals surface area contributed by atoms with Crippen molar-refractivity contribution >= 4 is 22.6 Å². The van der Waals surface area contributed by atoms with Crippen LogP contribution in [0.2, 0.25) is 0 Å². The summed E-state index contributed by atoms with van der Waals surface area (Å²) in [5.74, 6) is -0.259. The summed E-state index contributed by atoms with van der Waals surface area (Å²) in [4.78, 5) is 15.8. The van der Waals surface area contributed by atoms with Gasteiger partial charge in [-0.25, -0.2) is 4.79 Å². The largest absolute Gasteiger partial charge is 0.467 e. The number of benzene rings is 1. The van der Waals surface area contributed by atoms with Gasteiger partial charge in [-0.05, 0) is 18.6 Å². The lowest BCUT2D eigenvalue weighted by atomic mass is 10.2. The molecule has 1 aromatic carbocycles. The van der Waals surface area contributed by atoms with Crippen molar-refractivity contribution in [3.8, 4) is 0 Å². The zero-order valence-corrected chi connectivity index (χ0v) is 10.5. The molecule has 0 aliphatic heterocycles. The minimum atomic E-state index is -0.335. The van der Waals surface area contributed by atoms with Gasteiger partial charge in [-0.3, -0.25) is 4.98 Å². The number of nitrogens with zero attached hydrogens (tertiary/aromatic N) is 1. The highest BCUT2D eigenvalue weighted by atomic mass is 16.5. The second-order valence-corrected chi connectivity index (χ2v) is 4.05. The van der Waals surface area contributed by atoms with E-state index in [1.807, 2.05) is 37.3 Å². The van der Waals surface area contributed by atoms with Crippen LogP contribution in [0.4, 0.5) is 5.69 Å². The molecule has 2 rings (SSSR count). The molecule has 1 aromatic heterocycles. The molecular formula is C14H16N2O2. The average Bonchev–Trinajstić information content (AvgIpc) is 2.43. The minimum absolute atomic E-state index is 0.259. The van der Waals surface area contributed by atoms with Crippen LogP contribution in [0.1, 0.15) is 13.3 Å². The van der Waals surface area contributed by atoms with Gasteiger partial charge in [-0.15, -0.1) is 0 Å². The summed E-state index contributed by atoms with van der Waals surface area (Å²) in [6, 6.07) is 9.51. The number of hydrogen-bond donors (Lipinski definition) is 1. The maximum absolute atomic E-state index is 11.5. The molecule has 0 aliphatic rings. The first-order valence-corrected chi connectivity index (χ1v) is 5.93. The van der Waals surface area contributed by atoms with Crippen LogP contribution in [0.5, 0.6) is 0 Å². The average molecular weight is 244 g/mol. The topological polar surface area (TPSA) is 51.2 Å². The van der Waals surface area contributed by atoms with Crippen LogP contribution in [-0.2, 0) is 9.53 Å². The van der Waals surface area contributed by atoms with Gasteiger partial charge < -0.3 is 10.1 Å². The molecule has 94 valence electrons. The smallest absolute Gasteiger partial charge is 0.328 e. The van der Waals surface area contributed by atoms with Crippen molar-refractivity contribution in [3.63, 3.8) is 0 Å². The Bertz CT molecular complexity index is 554. The highest BCUT2D eigenvalue weighted by Gasteiger charge is 2.16. The third-order valence-corrected chi connectivity index (χ3v) is 2.83. The molecule has 2 aromatic rings. The second kappa shape index (κ2) is 5.49. The van der Waals surface area contributed by atoms with Crippen molar-refractivity contribution in [2.75, 3.05) is 12.4 Å². The monoisotopic (exact) mass is 244 g/mol. The fourth-order valence-electron chi connectivity index (χ4n) is 1.82. The summed E-state index contributed by atoms with van der Waals surface area (Å²) in [5.41, 5.74) is 1.76. The second-order valence-electron chi connectivity index (χ2n) is 4.05. The van der Waals surface area contributed by atoms with Gasteiger partial charge in [0, 0.05) is 5.39 Å². The molecule has 0 radical (unpaired) electrons. The lowest BCUT2D eigenvalue weighted by Gasteiger charge is -2.15. The van der Waals surface area contributed by atoms with E-state index in [-0.39, 0.29) is 12.0 Å². The Morgan fingerprint density at radius 2 is 2.22 bits per heavy atom. The van der Waals surface area contributed by atoms with Crippen LogP contribution >= 0.6 is 0 Å². The molecule has 0 saturated heterocycles. The predicted molar refractivity (Wildman–Crippen MR) is 71.5 cm³/mol. The van der Waals surface area contributed by atoms with Gasteiger partial charge in [0.05, 0.1) is 24.5 Å². The molecule has 0 spiro atoms. The summed E-state index contributed by atoms with van der Waals surface area (Å²) in [6.07, 6.45) is 2.40. The number of hydrogen-bond acceptors (Lipinski definition) is 4. The van der Waals surface area contributed by atoms with Crippen molar-refractivity contribution in [3.05, 3.63) is 36.5 Å². The van der Waals surface area contributed by atoms with Crippen LogP contribution < -0.4 is 5.32 Å². The van der Waals surface area contributed by atoms with E-state index in [4.69, 9.17) is 4.74 Å². The summed E-state index contributed by atoms with van der Waals surface area (Å²) in [7, 11) is 1.39. The molecule has 1 unspecified atom stereocenters. The SMILES string of the molecule is CCC(Nc1cnc2ccccc2c1)C(=O)OC. The number of esters is 1. The zero-order valence-electron chi connectivity index (χ0n) is 10.5. The Labute approximate surface area is 106 Å². The van der Waals surface area contributed by atoms with E-state index in [1.54, 1.807) is 6.20 Å². The van der Waals surface area contributed by atoms with E-state index < -0.39 is 0 Å². The number of ether oxygens (including phenoxy) is 1. The van der Waals surface area contributed by atoms with Crippen LogP contribution in [0.15, 0.2) is 36.5 Å². The highest BCUT2D eigenvalue weighted by molar-refractivity contribution is 5.83. The number of rotatable bonds is 4. The van der Waals surface area contributed by atoms with E-state index >= 15 is 0 Å². The number of fused-ring (bicyclic) bond motifs is 1. The van der Waals surface area contributed by atoms with E-state index in [2.05, 4.69) is 10.3 Å². The van der Waals surface area contributed by atoms with E-state index in [1.165, 1.54) is 7.11 Å². The Kier molecular flexibility index (Phi) is 3.77. The quantitative estimate of drug-likeness (QED) is 0.840. The molecule has 0 bridgehead atoms. The first-order chi connectivity index (χ1) is 8.74. The Balaban J connectivity index is 2.23. The standard InChI is InChI=1S/C14H16N2O2/c1-3-12(14(17)18-2)16-11-8-10-6-4-5-7-13(10)15-9-11/h4-9,12,16H,3H2,1-2H3. The highest BCUT2D eigenvalue weighted by Crippen LogP contribution is 2.17. The summed E-state index contributed by atoms with van der Waals surface area (Å²) in [6.45, 7) is 1.93. The lowest BCUT2D eigenvalue weighted by Crippen LogP contribution is -2.29. The molecule has 0 fully saturated rings. The maximum Gasteiger partial charge on any atom is 0.328 e. The molecule has 0 saturated carbocycles. The van der Waals surface area contributed by atoms with Gasteiger partial charge >= 0.3 is 5.97 Å². The van der Waals surface area contributed by atoms with Crippen molar-refractivity contribution in [1.82, 2.24) is 4.98 Å². The van der Waals surface area contributed by atoms with E-state index in [9.17, 15) is 4.79 Å². The van der Waals surface area contributed by atoms with Crippen molar-refractivity contribution < 1.29 is 9.53 Å². The van der Waals surface area contributed by atoms with Crippen molar-refractivity contribution in [2.45, 2.75) is 19.4 Å². The van der Waals surface area contributed by atoms with Gasteiger partial charge in [0.15, 0.2) is 0 Å². The lowest BCUT2D eigenvalue weighted by molar-refractivity contribution is -0.141. The molecule has 0 aliphatic carbocycles. The minimum Gasteiger partial charge on any atom is -0.467 e. The van der Waals surface area contributed by atoms with Gasteiger partial charge in [0.25, 0.3) is 0 Å².